The second kappa shape index (κ2) is 6.11. The molecule has 1 aliphatic carbocycles. The first-order valence-corrected chi connectivity index (χ1v) is 7.15. The fourth-order valence-corrected chi connectivity index (χ4v) is 3.04. The number of hydrogen-bond donors (Lipinski definition) is 0. The van der Waals surface area contributed by atoms with Crippen LogP contribution in [0, 0.1) is 11.8 Å². The molecule has 1 saturated heterocycles. The van der Waals surface area contributed by atoms with Crippen molar-refractivity contribution in [3.63, 3.8) is 0 Å². The third-order valence-electron chi connectivity index (χ3n) is 4.11. The molecule has 0 N–H and O–H groups in total. The highest BCUT2D eigenvalue weighted by atomic mass is 16.2. The molecular formula is C15H19NO4. The summed E-state index contributed by atoms with van der Waals surface area (Å²) in [6, 6.07) is 0. The highest BCUT2D eigenvalue weighted by molar-refractivity contribution is 6.24. The molecule has 2 unspecified atom stereocenters. The Morgan fingerprint density at radius 1 is 1.05 bits per heavy atom. The van der Waals surface area contributed by atoms with Crippen LogP contribution in [-0.4, -0.2) is 28.4 Å². The van der Waals surface area contributed by atoms with Gasteiger partial charge in [-0.15, -0.1) is 0 Å². The molecule has 0 aromatic rings. The monoisotopic (exact) mass is 277 g/mol. The topological polar surface area (TPSA) is 71.5 Å². The van der Waals surface area contributed by atoms with Crippen LogP contribution >= 0.6 is 0 Å². The minimum Gasteiger partial charge on any atom is -0.299 e. The Balaban J connectivity index is 2.29. The van der Waals surface area contributed by atoms with Crippen LogP contribution in [0.1, 0.15) is 44.9 Å². The molecule has 0 radical (unpaired) electrons. The van der Waals surface area contributed by atoms with Crippen molar-refractivity contribution in [1.82, 2.24) is 4.90 Å². The summed E-state index contributed by atoms with van der Waals surface area (Å²) in [5.74, 6) is -3.72. The average Bonchev–Trinajstić information content (AvgIpc) is 2.68. The van der Waals surface area contributed by atoms with Crippen LogP contribution in [0.25, 0.3) is 0 Å². The van der Waals surface area contributed by atoms with E-state index >= 15 is 0 Å². The third kappa shape index (κ3) is 2.57. The van der Waals surface area contributed by atoms with Crippen LogP contribution < -0.4 is 0 Å². The summed E-state index contributed by atoms with van der Waals surface area (Å²) in [6.07, 6.45) is 6.33. The third-order valence-corrected chi connectivity index (χ3v) is 4.11. The minimum absolute atomic E-state index is 0.199. The molecule has 2 fully saturated rings. The van der Waals surface area contributed by atoms with Gasteiger partial charge in [0.1, 0.15) is 11.7 Å². The number of rotatable bonds is 1. The first-order chi connectivity index (χ1) is 9.57. The lowest BCUT2D eigenvalue weighted by Gasteiger charge is -2.15. The molecule has 1 aliphatic heterocycles. The summed E-state index contributed by atoms with van der Waals surface area (Å²) >= 11 is 0. The van der Waals surface area contributed by atoms with Gasteiger partial charge < -0.3 is 0 Å². The quantitative estimate of drug-likeness (QED) is 0.415. The van der Waals surface area contributed by atoms with Gasteiger partial charge in [0.05, 0.1) is 5.92 Å². The van der Waals surface area contributed by atoms with Gasteiger partial charge in [0.25, 0.3) is 5.91 Å². The van der Waals surface area contributed by atoms with Gasteiger partial charge in [-0.1, -0.05) is 32.3 Å². The molecule has 2 atom stereocenters. The summed E-state index contributed by atoms with van der Waals surface area (Å²) in [4.78, 5) is 48.9. The maximum absolute atomic E-state index is 12.2. The number of nitrogens with zero attached hydrogens (tertiary/aromatic N) is 1. The van der Waals surface area contributed by atoms with E-state index in [1.54, 1.807) is 0 Å². The number of hydrogen-bond acceptors (Lipinski definition) is 4. The van der Waals surface area contributed by atoms with E-state index in [1.807, 2.05) is 0 Å². The van der Waals surface area contributed by atoms with Gasteiger partial charge in [0.15, 0.2) is 0 Å². The Morgan fingerprint density at radius 3 is 2.40 bits per heavy atom. The molecule has 5 nitrogen and oxygen atoms in total. The fourth-order valence-electron chi connectivity index (χ4n) is 3.04. The van der Waals surface area contributed by atoms with Crippen molar-refractivity contribution in [3.8, 4) is 0 Å². The standard InChI is InChI=1S/C15H19NO4/c1-2-12(18)16-14(19)10-8-6-4-3-5-7-9-11(17)13(10)15(16)20/h2,10,13H,1,3-9H2. The molecule has 1 saturated carbocycles. The van der Waals surface area contributed by atoms with Gasteiger partial charge in [-0.2, -0.15) is 0 Å². The largest absolute Gasteiger partial charge is 0.299 e. The minimum atomic E-state index is -0.954. The molecule has 108 valence electrons. The number of likely N-dealkylation sites (tertiary alicyclic amines) is 1. The summed E-state index contributed by atoms with van der Waals surface area (Å²) in [7, 11) is 0. The average molecular weight is 277 g/mol. The molecule has 0 spiro atoms. The molecule has 20 heavy (non-hydrogen) atoms. The Labute approximate surface area is 118 Å². The van der Waals surface area contributed by atoms with Crippen LogP contribution in [0.2, 0.25) is 0 Å². The number of carbonyl (C=O) groups is 4. The molecule has 2 aliphatic rings. The van der Waals surface area contributed by atoms with Crippen molar-refractivity contribution in [1.29, 1.82) is 0 Å². The van der Waals surface area contributed by atoms with Crippen molar-refractivity contribution in [3.05, 3.63) is 12.7 Å². The number of Topliss-reactive ketones (excluding diaryl/α,β-unsaturated/α-hetero) is 1. The van der Waals surface area contributed by atoms with Crippen LogP contribution in [0.15, 0.2) is 12.7 Å². The van der Waals surface area contributed by atoms with Crippen LogP contribution in [0.4, 0.5) is 0 Å². The number of ketones is 1. The summed E-state index contributed by atoms with van der Waals surface area (Å²) in [5.41, 5.74) is 0. The van der Waals surface area contributed by atoms with Crippen molar-refractivity contribution in [2.75, 3.05) is 0 Å². The van der Waals surface area contributed by atoms with Crippen LogP contribution in [-0.2, 0) is 19.2 Å². The molecule has 3 amide bonds. The SMILES string of the molecule is C=CC(=O)N1C(=O)C2CCCCCCCC(=O)C2C1=O. The normalized spacial score (nSPS) is 28.2. The Hall–Kier alpha value is -1.78. The van der Waals surface area contributed by atoms with E-state index in [4.69, 9.17) is 0 Å². The van der Waals surface area contributed by atoms with Crippen molar-refractivity contribution in [2.45, 2.75) is 44.9 Å². The van der Waals surface area contributed by atoms with E-state index in [9.17, 15) is 19.2 Å². The lowest BCUT2D eigenvalue weighted by atomic mass is 9.84. The molecule has 5 heteroatoms. The van der Waals surface area contributed by atoms with E-state index in [2.05, 4.69) is 6.58 Å². The lowest BCUT2D eigenvalue weighted by molar-refractivity contribution is -0.148. The van der Waals surface area contributed by atoms with Crippen molar-refractivity contribution < 1.29 is 19.2 Å². The summed E-state index contributed by atoms with van der Waals surface area (Å²) < 4.78 is 0. The van der Waals surface area contributed by atoms with Gasteiger partial charge in [0.2, 0.25) is 11.8 Å². The molecular weight excluding hydrogens is 258 g/mol. The van der Waals surface area contributed by atoms with Gasteiger partial charge in [-0.25, -0.2) is 4.90 Å². The zero-order valence-electron chi connectivity index (χ0n) is 11.5. The van der Waals surface area contributed by atoms with Gasteiger partial charge in [0, 0.05) is 6.42 Å². The summed E-state index contributed by atoms with van der Waals surface area (Å²) in [6.45, 7) is 3.30. The highest BCUT2D eigenvalue weighted by Crippen LogP contribution is 2.33. The van der Waals surface area contributed by atoms with Crippen molar-refractivity contribution in [2.24, 2.45) is 11.8 Å². The second-order valence-electron chi connectivity index (χ2n) is 5.41. The van der Waals surface area contributed by atoms with E-state index in [0.717, 1.165) is 38.2 Å². The number of amides is 3. The van der Waals surface area contributed by atoms with E-state index in [-0.39, 0.29) is 5.78 Å². The van der Waals surface area contributed by atoms with Gasteiger partial charge >= 0.3 is 0 Å². The zero-order chi connectivity index (χ0) is 14.7. The molecule has 1 heterocycles. The van der Waals surface area contributed by atoms with Gasteiger partial charge in [-0.05, 0) is 18.9 Å². The first kappa shape index (κ1) is 14.6. The lowest BCUT2D eigenvalue weighted by Crippen LogP contribution is -2.36. The maximum atomic E-state index is 12.2. The second-order valence-corrected chi connectivity index (χ2v) is 5.41. The Kier molecular flexibility index (Phi) is 4.47. The van der Waals surface area contributed by atoms with E-state index in [1.165, 1.54) is 0 Å². The Morgan fingerprint density at radius 2 is 1.70 bits per heavy atom. The maximum Gasteiger partial charge on any atom is 0.259 e. The Bertz CT molecular complexity index is 468. The van der Waals surface area contributed by atoms with Crippen LogP contribution in [0.5, 0.6) is 0 Å². The van der Waals surface area contributed by atoms with E-state index in [0.29, 0.717) is 17.7 Å². The molecule has 0 aromatic heterocycles. The fraction of sp³-hybridized carbons (Fsp3) is 0.600. The number of carbonyl (C=O) groups excluding carboxylic acids is 4. The smallest absolute Gasteiger partial charge is 0.259 e. The summed E-state index contributed by atoms with van der Waals surface area (Å²) in [5, 5.41) is 0. The predicted molar refractivity (Wildman–Crippen MR) is 71.4 cm³/mol. The molecule has 0 aromatic carbocycles. The van der Waals surface area contributed by atoms with Crippen LogP contribution in [0.3, 0.4) is 0 Å². The number of imide groups is 3. The highest BCUT2D eigenvalue weighted by Gasteiger charge is 2.52. The van der Waals surface area contributed by atoms with Gasteiger partial charge in [-0.3, -0.25) is 19.2 Å². The molecule has 0 bridgehead atoms. The molecule has 2 rings (SSSR count). The number of fused-ring (bicyclic) bond motifs is 1. The van der Waals surface area contributed by atoms with E-state index < -0.39 is 29.6 Å². The zero-order valence-corrected chi connectivity index (χ0v) is 11.5. The first-order valence-electron chi connectivity index (χ1n) is 7.15. The van der Waals surface area contributed by atoms with Crippen molar-refractivity contribution >= 4 is 23.5 Å². The predicted octanol–water partition coefficient (Wildman–Crippen LogP) is 1.61.